The van der Waals surface area contributed by atoms with E-state index in [0.717, 1.165) is 47.9 Å². The van der Waals surface area contributed by atoms with Crippen molar-refractivity contribution in [1.82, 2.24) is 25.3 Å². The minimum Gasteiger partial charge on any atom is -0.486 e. The number of hydrogen-bond donors (Lipinski definition) is 2. The second kappa shape index (κ2) is 10.8. The quantitative estimate of drug-likeness (QED) is 0.293. The standard InChI is InChI=1S/C30H31N7O3/c1-4-20-6-8-22(15-32-20)39-24-9-7-21(12-18(24)3)35-29-28-23(33-17-34-29)14-26-30(36-28)37(11-10-31-27(38)5-2)16-19-13-25(19)40-26/h5-9,12,14-15,17,19,25H,2,4,10-11,13,16H2,1,3H3,(H,31,38)(H,33,34,35). The molecule has 0 spiro atoms. The zero-order valence-electron chi connectivity index (χ0n) is 22.6. The number of rotatable bonds is 9. The van der Waals surface area contributed by atoms with Crippen molar-refractivity contribution in [3.8, 4) is 17.2 Å². The second-order valence-corrected chi connectivity index (χ2v) is 10.0. The molecule has 1 amide bonds. The van der Waals surface area contributed by atoms with Crippen LogP contribution in [-0.2, 0) is 11.2 Å². The van der Waals surface area contributed by atoms with Crippen LogP contribution >= 0.6 is 0 Å². The van der Waals surface area contributed by atoms with Crippen molar-refractivity contribution in [1.29, 1.82) is 0 Å². The lowest BCUT2D eigenvalue weighted by Crippen LogP contribution is -2.35. The van der Waals surface area contributed by atoms with Crippen LogP contribution in [-0.4, -0.2) is 51.6 Å². The van der Waals surface area contributed by atoms with Crippen molar-refractivity contribution in [2.75, 3.05) is 29.9 Å². The van der Waals surface area contributed by atoms with E-state index in [9.17, 15) is 4.79 Å². The minimum absolute atomic E-state index is 0.189. The smallest absolute Gasteiger partial charge is 0.243 e. The predicted octanol–water partition coefficient (Wildman–Crippen LogP) is 4.72. The Hall–Kier alpha value is -4.73. The normalized spacial score (nSPS) is 17.2. The Kier molecular flexibility index (Phi) is 6.90. The molecule has 10 heteroatoms. The number of carbonyl (C=O) groups is 1. The zero-order chi connectivity index (χ0) is 27.6. The van der Waals surface area contributed by atoms with E-state index in [2.05, 4.69) is 44.0 Å². The topological polar surface area (TPSA) is 114 Å². The molecule has 10 nitrogen and oxygen atoms in total. The first-order valence-electron chi connectivity index (χ1n) is 13.5. The van der Waals surface area contributed by atoms with Gasteiger partial charge in [-0.2, -0.15) is 0 Å². The van der Waals surface area contributed by atoms with E-state index in [1.54, 1.807) is 6.20 Å². The number of nitrogens with zero attached hydrogens (tertiary/aromatic N) is 5. The summed E-state index contributed by atoms with van der Waals surface area (Å²) in [4.78, 5) is 32.2. The van der Waals surface area contributed by atoms with Gasteiger partial charge in [0.15, 0.2) is 17.4 Å². The number of nitrogens with one attached hydrogen (secondary N) is 2. The summed E-state index contributed by atoms with van der Waals surface area (Å²) in [5, 5.41) is 6.26. The molecule has 1 fully saturated rings. The van der Waals surface area contributed by atoms with Gasteiger partial charge >= 0.3 is 0 Å². The molecule has 2 unspecified atom stereocenters. The number of aromatic nitrogens is 4. The molecular formula is C30H31N7O3. The van der Waals surface area contributed by atoms with Crippen LogP contribution in [0.2, 0.25) is 0 Å². The summed E-state index contributed by atoms with van der Waals surface area (Å²) >= 11 is 0. The van der Waals surface area contributed by atoms with Gasteiger partial charge in [-0.25, -0.2) is 15.0 Å². The zero-order valence-corrected chi connectivity index (χ0v) is 22.6. The number of pyridine rings is 2. The molecule has 6 rings (SSSR count). The first kappa shape index (κ1) is 25.5. The van der Waals surface area contributed by atoms with E-state index >= 15 is 0 Å². The maximum Gasteiger partial charge on any atom is 0.243 e. The summed E-state index contributed by atoms with van der Waals surface area (Å²) in [6.45, 7) is 9.48. The molecule has 0 bridgehead atoms. The molecule has 0 saturated heterocycles. The van der Waals surface area contributed by atoms with E-state index in [0.29, 0.717) is 47.4 Å². The van der Waals surface area contributed by atoms with E-state index in [1.165, 1.54) is 12.4 Å². The fourth-order valence-electron chi connectivity index (χ4n) is 4.82. The van der Waals surface area contributed by atoms with Crippen molar-refractivity contribution in [3.05, 3.63) is 72.8 Å². The highest BCUT2D eigenvalue weighted by Crippen LogP contribution is 2.44. The third kappa shape index (κ3) is 5.38. The number of ether oxygens (including phenoxy) is 2. The second-order valence-electron chi connectivity index (χ2n) is 10.0. The van der Waals surface area contributed by atoms with Gasteiger partial charge in [-0.05, 0) is 61.7 Å². The molecule has 1 saturated carbocycles. The number of carbonyl (C=O) groups excluding carboxylic acids is 1. The summed E-state index contributed by atoms with van der Waals surface area (Å²) in [5.41, 5.74) is 4.17. The molecule has 3 aromatic heterocycles. The van der Waals surface area contributed by atoms with Gasteiger partial charge in [0.2, 0.25) is 5.91 Å². The maximum absolute atomic E-state index is 11.7. The lowest BCUT2D eigenvalue weighted by Gasteiger charge is -2.24. The molecule has 4 aromatic rings. The Morgan fingerprint density at radius 2 is 2.12 bits per heavy atom. The summed E-state index contributed by atoms with van der Waals surface area (Å²) in [7, 11) is 0. The maximum atomic E-state index is 11.7. The molecule has 40 heavy (non-hydrogen) atoms. The van der Waals surface area contributed by atoms with Gasteiger partial charge in [-0.15, -0.1) is 0 Å². The molecule has 4 heterocycles. The highest BCUT2D eigenvalue weighted by atomic mass is 16.5. The Bertz CT molecular complexity index is 1570. The number of benzene rings is 1. The molecule has 1 aliphatic carbocycles. The van der Waals surface area contributed by atoms with Gasteiger partial charge in [0.25, 0.3) is 0 Å². The number of anilines is 3. The van der Waals surface area contributed by atoms with Crippen LogP contribution < -0.4 is 25.0 Å². The van der Waals surface area contributed by atoms with Crippen molar-refractivity contribution in [2.45, 2.75) is 32.8 Å². The van der Waals surface area contributed by atoms with Crippen LogP contribution in [0.3, 0.4) is 0 Å². The molecule has 204 valence electrons. The van der Waals surface area contributed by atoms with Crippen LogP contribution in [0.15, 0.2) is 61.6 Å². The van der Waals surface area contributed by atoms with Crippen LogP contribution in [0.4, 0.5) is 17.3 Å². The van der Waals surface area contributed by atoms with E-state index in [-0.39, 0.29) is 12.0 Å². The van der Waals surface area contributed by atoms with Crippen molar-refractivity contribution in [3.63, 3.8) is 0 Å². The van der Waals surface area contributed by atoms with E-state index < -0.39 is 0 Å². The van der Waals surface area contributed by atoms with E-state index in [4.69, 9.17) is 14.5 Å². The molecule has 0 radical (unpaired) electrons. The lowest BCUT2D eigenvalue weighted by atomic mass is 10.2. The summed E-state index contributed by atoms with van der Waals surface area (Å²) in [6, 6.07) is 11.7. The van der Waals surface area contributed by atoms with E-state index in [1.807, 2.05) is 43.3 Å². The van der Waals surface area contributed by atoms with Crippen molar-refractivity contribution >= 4 is 34.3 Å². The number of fused-ring (bicyclic) bond motifs is 3. The van der Waals surface area contributed by atoms with Crippen LogP contribution in [0.25, 0.3) is 11.0 Å². The average Bonchev–Trinajstić information content (AvgIpc) is 3.72. The van der Waals surface area contributed by atoms with Gasteiger partial charge in [0.05, 0.1) is 11.7 Å². The Morgan fingerprint density at radius 1 is 1.23 bits per heavy atom. The third-order valence-corrected chi connectivity index (χ3v) is 7.14. The van der Waals surface area contributed by atoms with Crippen LogP contribution in [0.5, 0.6) is 17.2 Å². The monoisotopic (exact) mass is 537 g/mol. The SMILES string of the molecule is C=CC(=O)NCCN1CC2CC2Oc2cc3ncnc(Nc4ccc(Oc5ccc(CC)nc5)c(C)c4)c3nc21. The largest absolute Gasteiger partial charge is 0.486 e. The Balaban J connectivity index is 1.25. The fourth-order valence-corrected chi connectivity index (χ4v) is 4.82. The first-order valence-corrected chi connectivity index (χ1v) is 13.5. The lowest BCUT2D eigenvalue weighted by molar-refractivity contribution is -0.116. The van der Waals surface area contributed by atoms with Crippen molar-refractivity contribution < 1.29 is 14.3 Å². The Morgan fingerprint density at radius 3 is 2.90 bits per heavy atom. The Labute approximate surface area is 232 Å². The molecule has 1 aliphatic heterocycles. The van der Waals surface area contributed by atoms with Crippen LogP contribution in [0.1, 0.15) is 24.6 Å². The number of aryl methyl sites for hydroxylation is 2. The molecule has 2 aliphatic rings. The molecular weight excluding hydrogens is 506 g/mol. The van der Waals surface area contributed by atoms with Crippen molar-refractivity contribution in [2.24, 2.45) is 5.92 Å². The molecule has 1 aromatic carbocycles. The molecule has 2 atom stereocenters. The fraction of sp³-hybridized carbons (Fsp3) is 0.300. The molecule has 2 N–H and O–H groups in total. The van der Waals surface area contributed by atoms with Gasteiger partial charge in [0, 0.05) is 43.0 Å². The number of hydrogen-bond acceptors (Lipinski definition) is 9. The van der Waals surface area contributed by atoms with Gasteiger partial charge in [-0.1, -0.05) is 13.5 Å². The summed E-state index contributed by atoms with van der Waals surface area (Å²) < 4.78 is 12.3. The first-order chi connectivity index (χ1) is 19.5. The third-order valence-electron chi connectivity index (χ3n) is 7.14. The van der Waals surface area contributed by atoms with Gasteiger partial charge in [0.1, 0.15) is 29.4 Å². The number of amides is 1. The highest BCUT2D eigenvalue weighted by molar-refractivity contribution is 5.90. The predicted molar refractivity (Wildman–Crippen MR) is 153 cm³/mol. The van der Waals surface area contributed by atoms with Crippen LogP contribution in [0, 0.1) is 12.8 Å². The minimum atomic E-state index is -0.195. The van der Waals surface area contributed by atoms with Gasteiger partial charge < -0.3 is 25.0 Å². The summed E-state index contributed by atoms with van der Waals surface area (Å²) in [6.07, 6.45) is 6.64. The average molecular weight is 538 g/mol. The summed E-state index contributed by atoms with van der Waals surface area (Å²) in [5.74, 6) is 3.72. The van der Waals surface area contributed by atoms with Gasteiger partial charge in [-0.3, -0.25) is 9.78 Å². The highest BCUT2D eigenvalue weighted by Gasteiger charge is 2.44.